The number of ether oxygens (including phenoxy) is 1. The van der Waals surface area contributed by atoms with Gasteiger partial charge in [-0.15, -0.1) is 11.3 Å². The number of benzene rings is 1. The van der Waals surface area contributed by atoms with E-state index in [0.29, 0.717) is 10.4 Å². The summed E-state index contributed by atoms with van der Waals surface area (Å²) in [6.45, 7) is 1.41. The number of aryl methyl sites for hydroxylation is 1. The maximum atomic E-state index is 12.2. The molecule has 0 aliphatic rings. The molecule has 2 heterocycles. The highest BCUT2D eigenvalue weighted by atomic mass is 32.1. The minimum absolute atomic E-state index is 0.330. The lowest BCUT2D eigenvalue weighted by Crippen LogP contribution is -2.33. The summed E-state index contributed by atoms with van der Waals surface area (Å²) in [5.41, 5.74) is 2.18. The van der Waals surface area contributed by atoms with Crippen molar-refractivity contribution in [3.05, 3.63) is 76.2 Å². The molecule has 0 saturated heterocycles. The van der Waals surface area contributed by atoms with Crippen LogP contribution in [0.15, 0.2) is 60.2 Å². The number of carbonyl (C=O) groups is 3. The van der Waals surface area contributed by atoms with Crippen molar-refractivity contribution in [1.82, 2.24) is 9.88 Å². The number of nitrogens with zero attached hydrogens (tertiary/aromatic N) is 1. The average molecular weight is 368 g/mol. The van der Waals surface area contributed by atoms with Crippen LogP contribution in [0.25, 0.3) is 5.69 Å². The molecule has 1 aromatic carbocycles. The molecule has 0 radical (unpaired) electrons. The van der Waals surface area contributed by atoms with Crippen molar-refractivity contribution < 1.29 is 19.1 Å². The molecule has 0 aliphatic carbocycles. The molecule has 3 rings (SSSR count). The fourth-order valence-corrected chi connectivity index (χ4v) is 2.98. The van der Waals surface area contributed by atoms with E-state index in [1.807, 2.05) is 42.1 Å². The normalized spacial score (nSPS) is 10.3. The highest BCUT2D eigenvalue weighted by Crippen LogP contribution is 2.17. The number of nitrogens with one attached hydrogen (secondary N) is 1. The zero-order valence-corrected chi connectivity index (χ0v) is 14.8. The van der Waals surface area contributed by atoms with Crippen molar-refractivity contribution in [2.24, 2.45) is 0 Å². The monoisotopic (exact) mass is 368 g/mol. The predicted molar refractivity (Wildman–Crippen MR) is 97.6 cm³/mol. The molecule has 0 spiro atoms. The van der Waals surface area contributed by atoms with Crippen molar-refractivity contribution in [1.29, 1.82) is 0 Å². The second-order valence-electron chi connectivity index (χ2n) is 5.52. The van der Waals surface area contributed by atoms with Crippen LogP contribution < -0.4 is 5.32 Å². The van der Waals surface area contributed by atoms with E-state index >= 15 is 0 Å². The number of aromatic nitrogens is 1. The summed E-state index contributed by atoms with van der Waals surface area (Å²) in [6.07, 6.45) is 3.75. The van der Waals surface area contributed by atoms with Crippen LogP contribution in [0.5, 0.6) is 0 Å². The number of amides is 2. The molecule has 3 aromatic rings. The van der Waals surface area contributed by atoms with Gasteiger partial charge in [-0.05, 0) is 48.2 Å². The SMILES string of the molecule is Cc1ccc(C(=O)OCC(=O)NC(=O)c2cccs2)cc1-n1cccc1. The molecule has 6 nitrogen and oxygen atoms in total. The van der Waals surface area contributed by atoms with Gasteiger partial charge in [-0.2, -0.15) is 0 Å². The average Bonchev–Trinajstić information content (AvgIpc) is 3.33. The maximum absolute atomic E-state index is 12.2. The Balaban J connectivity index is 1.61. The van der Waals surface area contributed by atoms with E-state index in [1.54, 1.807) is 29.6 Å². The molecule has 132 valence electrons. The Bertz CT molecular complexity index is 931. The molecule has 0 saturated carbocycles. The second kappa shape index (κ2) is 7.79. The van der Waals surface area contributed by atoms with Crippen LogP contribution in [0.2, 0.25) is 0 Å². The third kappa shape index (κ3) is 4.07. The first-order valence-corrected chi connectivity index (χ1v) is 8.71. The second-order valence-corrected chi connectivity index (χ2v) is 6.47. The Morgan fingerprint density at radius 2 is 1.88 bits per heavy atom. The maximum Gasteiger partial charge on any atom is 0.338 e. The minimum Gasteiger partial charge on any atom is -0.452 e. The summed E-state index contributed by atoms with van der Waals surface area (Å²) in [7, 11) is 0. The number of esters is 1. The van der Waals surface area contributed by atoms with E-state index in [9.17, 15) is 14.4 Å². The molecular formula is C19H16N2O4S. The summed E-state index contributed by atoms with van der Waals surface area (Å²) in [4.78, 5) is 36.2. The lowest BCUT2D eigenvalue weighted by atomic mass is 10.1. The Kier molecular flexibility index (Phi) is 5.28. The Morgan fingerprint density at radius 1 is 1.12 bits per heavy atom. The van der Waals surface area contributed by atoms with Crippen LogP contribution in [0, 0.1) is 6.92 Å². The van der Waals surface area contributed by atoms with Crippen LogP contribution in [0.4, 0.5) is 0 Å². The summed E-state index contributed by atoms with van der Waals surface area (Å²) in [6, 6.07) is 12.2. The lowest BCUT2D eigenvalue weighted by molar-refractivity contribution is -0.123. The largest absolute Gasteiger partial charge is 0.452 e. The topological polar surface area (TPSA) is 77.4 Å². The van der Waals surface area contributed by atoms with Crippen LogP contribution >= 0.6 is 11.3 Å². The Morgan fingerprint density at radius 3 is 2.58 bits per heavy atom. The lowest BCUT2D eigenvalue weighted by Gasteiger charge is -2.10. The van der Waals surface area contributed by atoms with E-state index < -0.39 is 24.4 Å². The number of thiophene rings is 1. The zero-order chi connectivity index (χ0) is 18.5. The molecule has 26 heavy (non-hydrogen) atoms. The van der Waals surface area contributed by atoms with Crippen molar-refractivity contribution in [2.45, 2.75) is 6.92 Å². The van der Waals surface area contributed by atoms with E-state index in [-0.39, 0.29) is 0 Å². The molecule has 0 unspecified atom stereocenters. The number of hydrogen-bond donors (Lipinski definition) is 1. The summed E-state index contributed by atoms with van der Waals surface area (Å²) >= 11 is 1.22. The molecule has 0 atom stereocenters. The standard InChI is InChI=1S/C19H16N2O4S/c1-13-6-7-14(11-15(13)21-8-2-3-9-21)19(24)25-12-17(22)20-18(23)16-5-4-10-26-16/h2-11H,12H2,1H3,(H,20,22,23). The molecule has 2 aromatic heterocycles. The third-order valence-electron chi connectivity index (χ3n) is 3.66. The third-order valence-corrected chi connectivity index (χ3v) is 4.53. The number of carbonyl (C=O) groups excluding carboxylic acids is 3. The van der Waals surface area contributed by atoms with Crippen molar-refractivity contribution >= 4 is 29.1 Å². The fourth-order valence-electron chi connectivity index (χ4n) is 2.36. The van der Waals surface area contributed by atoms with Crippen molar-refractivity contribution in [2.75, 3.05) is 6.61 Å². The highest BCUT2D eigenvalue weighted by Gasteiger charge is 2.15. The molecule has 1 N–H and O–H groups in total. The Labute approximate surface area is 154 Å². The molecule has 2 amide bonds. The van der Waals surface area contributed by atoms with Crippen molar-refractivity contribution in [3.8, 4) is 5.69 Å². The van der Waals surface area contributed by atoms with Crippen LogP contribution in [-0.4, -0.2) is 29.0 Å². The quantitative estimate of drug-likeness (QED) is 0.703. The highest BCUT2D eigenvalue weighted by molar-refractivity contribution is 7.12. The smallest absolute Gasteiger partial charge is 0.338 e. The van der Waals surface area contributed by atoms with Gasteiger partial charge in [0.1, 0.15) is 0 Å². The first-order valence-electron chi connectivity index (χ1n) is 7.83. The van der Waals surface area contributed by atoms with Crippen LogP contribution in [0.3, 0.4) is 0 Å². The minimum atomic E-state index is -0.672. The molecule has 0 aliphatic heterocycles. The first-order chi connectivity index (χ1) is 12.5. The van der Waals surface area contributed by atoms with Gasteiger partial charge in [0.2, 0.25) is 0 Å². The van der Waals surface area contributed by atoms with E-state index in [1.165, 1.54) is 11.3 Å². The van der Waals surface area contributed by atoms with Gasteiger partial charge in [0.25, 0.3) is 11.8 Å². The van der Waals surface area contributed by atoms with Crippen molar-refractivity contribution in [3.63, 3.8) is 0 Å². The molecule has 0 fully saturated rings. The van der Waals surface area contributed by atoms with Gasteiger partial charge in [-0.25, -0.2) is 4.79 Å². The van der Waals surface area contributed by atoms with E-state index in [0.717, 1.165) is 11.3 Å². The van der Waals surface area contributed by atoms with Gasteiger partial charge in [-0.3, -0.25) is 14.9 Å². The predicted octanol–water partition coefficient (Wildman–Crippen LogP) is 2.96. The number of hydrogen-bond acceptors (Lipinski definition) is 5. The van der Waals surface area contributed by atoms with Crippen LogP contribution in [0.1, 0.15) is 25.6 Å². The number of rotatable bonds is 5. The molecule has 7 heteroatoms. The first kappa shape index (κ1) is 17.6. The van der Waals surface area contributed by atoms with Gasteiger partial charge in [-0.1, -0.05) is 12.1 Å². The molecular weight excluding hydrogens is 352 g/mol. The number of imide groups is 1. The van der Waals surface area contributed by atoms with E-state index in [4.69, 9.17) is 4.74 Å². The van der Waals surface area contributed by atoms with Gasteiger partial charge in [0.05, 0.1) is 10.4 Å². The van der Waals surface area contributed by atoms with E-state index in [2.05, 4.69) is 5.32 Å². The van der Waals surface area contributed by atoms with Gasteiger partial charge in [0.15, 0.2) is 6.61 Å². The summed E-state index contributed by atoms with van der Waals surface area (Å²) in [5.74, 6) is -1.81. The summed E-state index contributed by atoms with van der Waals surface area (Å²) < 4.78 is 6.90. The Hall–Kier alpha value is -3.19. The zero-order valence-electron chi connectivity index (χ0n) is 14.0. The molecule has 0 bridgehead atoms. The summed E-state index contributed by atoms with van der Waals surface area (Å²) in [5, 5.41) is 3.92. The van der Waals surface area contributed by atoms with Gasteiger partial charge >= 0.3 is 5.97 Å². The van der Waals surface area contributed by atoms with Gasteiger partial charge in [0, 0.05) is 18.1 Å². The van der Waals surface area contributed by atoms with Crippen LogP contribution in [-0.2, 0) is 9.53 Å². The fraction of sp³-hybridized carbons (Fsp3) is 0.105. The van der Waals surface area contributed by atoms with Gasteiger partial charge < -0.3 is 9.30 Å².